The van der Waals surface area contributed by atoms with E-state index in [0.717, 1.165) is 19.2 Å². The number of hydrogen-bond acceptors (Lipinski definition) is 4. The van der Waals surface area contributed by atoms with Crippen LogP contribution in [-0.4, -0.2) is 42.6 Å². The molecule has 1 aromatic carbocycles. The van der Waals surface area contributed by atoms with E-state index in [1.165, 1.54) is 0 Å². The standard InChI is InChI=1S/C12H13ClF3NO4S2/c1-17(10(4-5-22)11(18)19)23(20,21)7-2-3-9(13)8(6-7)12(14,15)16/h2-3,6,10,22H,4-5H2,1H3,(H,18,19). The van der Waals surface area contributed by atoms with Gasteiger partial charge in [-0.25, -0.2) is 8.42 Å². The van der Waals surface area contributed by atoms with Crippen molar-refractivity contribution < 1.29 is 31.5 Å². The van der Waals surface area contributed by atoms with Gasteiger partial charge in [0, 0.05) is 7.05 Å². The quantitative estimate of drug-likeness (QED) is 0.731. The minimum Gasteiger partial charge on any atom is -0.480 e. The van der Waals surface area contributed by atoms with Crippen molar-refractivity contribution in [3.8, 4) is 0 Å². The molecule has 5 nitrogen and oxygen atoms in total. The van der Waals surface area contributed by atoms with Gasteiger partial charge in [-0.15, -0.1) is 0 Å². The first-order valence-electron chi connectivity index (χ1n) is 6.11. The molecule has 0 saturated carbocycles. The van der Waals surface area contributed by atoms with Crippen LogP contribution in [0.15, 0.2) is 23.1 Å². The molecule has 1 N–H and O–H groups in total. The Bertz CT molecular complexity index is 694. The summed E-state index contributed by atoms with van der Waals surface area (Å²) in [5.41, 5.74) is -1.31. The van der Waals surface area contributed by atoms with Crippen molar-refractivity contribution in [2.75, 3.05) is 12.8 Å². The summed E-state index contributed by atoms with van der Waals surface area (Å²) in [5, 5.41) is 8.42. The smallest absolute Gasteiger partial charge is 0.417 e. The molecule has 1 rings (SSSR count). The molecule has 0 saturated heterocycles. The van der Waals surface area contributed by atoms with Crippen LogP contribution in [-0.2, 0) is 21.0 Å². The fourth-order valence-corrected chi connectivity index (χ4v) is 3.64. The van der Waals surface area contributed by atoms with Gasteiger partial charge in [0.25, 0.3) is 0 Å². The largest absolute Gasteiger partial charge is 0.480 e. The van der Waals surface area contributed by atoms with E-state index in [1.54, 1.807) is 0 Å². The monoisotopic (exact) mass is 391 g/mol. The van der Waals surface area contributed by atoms with Crippen LogP contribution in [0.5, 0.6) is 0 Å². The molecule has 0 fully saturated rings. The van der Waals surface area contributed by atoms with Crippen LogP contribution in [0.2, 0.25) is 5.02 Å². The lowest BCUT2D eigenvalue weighted by Gasteiger charge is -2.24. The molecule has 1 aromatic rings. The van der Waals surface area contributed by atoms with Gasteiger partial charge in [0.2, 0.25) is 10.0 Å². The first-order chi connectivity index (χ1) is 10.4. The number of sulfonamides is 1. The average molecular weight is 392 g/mol. The summed E-state index contributed by atoms with van der Waals surface area (Å²) in [6.45, 7) is 0. The normalized spacial score (nSPS) is 14.0. The minimum atomic E-state index is -4.83. The van der Waals surface area contributed by atoms with Gasteiger partial charge in [0.1, 0.15) is 6.04 Å². The van der Waals surface area contributed by atoms with Gasteiger partial charge in [0.05, 0.1) is 15.5 Å². The lowest BCUT2D eigenvalue weighted by Crippen LogP contribution is -2.42. The highest BCUT2D eigenvalue weighted by atomic mass is 35.5. The van der Waals surface area contributed by atoms with Gasteiger partial charge in [-0.3, -0.25) is 4.79 Å². The molecule has 0 bridgehead atoms. The topological polar surface area (TPSA) is 74.7 Å². The second-order valence-electron chi connectivity index (χ2n) is 4.53. The molecule has 1 unspecified atom stereocenters. The molecule has 0 aromatic heterocycles. The molecule has 0 spiro atoms. The Morgan fingerprint density at radius 2 is 2.00 bits per heavy atom. The van der Waals surface area contributed by atoms with Gasteiger partial charge in [-0.1, -0.05) is 11.6 Å². The van der Waals surface area contributed by atoms with Crippen LogP contribution in [0.4, 0.5) is 13.2 Å². The number of thiol groups is 1. The van der Waals surface area contributed by atoms with E-state index in [0.29, 0.717) is 10.4 Å². The zero-order valence-corrected chi connectivity index (χ0v) is 14.2. The van der Waals surface area contributed by atoms with Crippen molar-refractivity contribution >= 4 is 40.2 Å². The molecule has 0 aliphatic heterocycles. The summed E-state index contributed by atoms with van der Waals surface area (Å²) < 4.78 is 63.7. The zero-order valence-electron chi connectivity index (χ0n) is 11.7. The van der Waals surface area contributed by atoms with Gasteiger partial charge in [0.15, 0.2) is 0 Å². The molecule has 0 radical (unpaired) electrons. The summed E-state index contributed by atoms with van der Waals surface area (Å²) >= 11 is 9.29. The summed E-state index contributed by atoms with van der Waals surface area (Å²) in [7, 11) is -3.46. The number of likely N-dealkylation sites (N-methyl/N-ethyl adjacent to an activating group) is 1. The highest BCUT2D eigenvalue weighted by molar-refractivity contribution is 7.89. The van der Waals surface area contributed by atoms with Gasteiger partial charge in [-0.2, -0.15) is 30.1 Å². The molecule has 11 heteroatoms. The molecule has 23 heavy (non-hydrogen) atoms. The average Bonchev–Trinajstić information content (AvgIpc) is 2.42. The number of hydrogen-bond donors (Lipinski definition) is 2. The van der Waals surface area contributed by atoms with Crippen molar-refractivity contribution in [2.45, 2.75) is 23.5 Å². The number of carboxylic acids is 1. The van der Waals surface area contributed by atoms with Gasteiger partial charge < -0.3 is 5.11 Å². The lowest BCUT2D eigenvalue weighted by atomic mass is 10.2. The molecule has 0 aliphatic carbocycles. The summed E-state index contributed by atoms with van der Waals surface area (Å²) in [5.74, 6) is -1.33. The molecule has 0 aliphatic rings. The maximum absolute atomic E-state index is 12.8. The minimum absolute atomic E-state index is 0.0885. The number of carboxylic acid groups (broad SMARTS) is 1. The van der Waals surface area contributed by atoms with E-state index in [-0.39, 0.29) is 12.2 Å². The first kappa shape index (κ1) is 20.1. The van der Waals surface area contributed by atoms with E-state index < -0.39 is 43.7 Å². The number of halogens is 4. The highest BCUT2D eigenvalue weighted by Gasteiger charge is 2.37. The van der Waals surface area contributed by atoms with Crippen LogP contribution in [0, 0.1) is 0 Å². The highest BCUT2D eigenvalue weighted by Crippen LogP contribution is 2.36. The fraction of sp³-hybridized carbons (Fsp3) is 0.417. The molecular weight excluding hydrogens is 379 g/mol. The molecule has 0 amide bonds. The van der Waals surface area contributed by atoms with Crippen molar-refractivity contribution in [2.24, 2.45) is 0 Å². The Kier molecular flexibility index (Phi) is 6.36. The number of carbonyl (C=O) groups is 1. The van der Waals surface area contributed by atoms with E-state index in [1.807, 2.05) is 0 Å². The van der Waals surface area contributed by atoms with Crippen molar-refractivity contribution in [1.82, 2.24) is 4.31 Å². The SMILES string of the molecule is CN(C(CCS)C(=O)O)S(=O)(=O)c1ccc(Cl)c(C(F)(F)F)c1. The summed E-state index contributed by atoms with van der Waals surface area (Å²) in [6.07, 6.45) is -4.94. The Balaban J connectivity index is 3.36. The van der Waals surface area contributed by atoms with Crippen molar-refractivity contribution in [3.63, 3.8) is 0 Å². The maximum atomic E-state index is 12.8. The molecular formula is C12H13ClF3NO4S2. The Morgan fingerprint density at radius 1 is 1.43 bits per heavy atom. The Morgan fingerprint density at radius 3 is 2.43 bits per heavy atom. The van der Waals surface area contributed by atoms with Gasteiger partial charge >= 0.3 is 12.1 Å². The van der Waals surface area contributed by atoms with E-state index in [2.05, 4.69) is 12.6 Å². The van der Waals surface area contributed by atoms with Crippen LogP contribution in [0.3, 0.4) is 0 Å². The van der Waals surface area contributed by atoms with E-state index in [9.17, 15) is 26.4 Å². The molecule has 1 atom stereocenters. The third-order valence-corrected chi connectivity index (χ3v) is 5.50. The third kappa shape index (κ3) is 4.52. The Hall–Kier alpha value is -0.970. The second kappa shape index (κ2) is 7.29. The predicted octanol–water partition coefficient (Wildman–Crippen LogP) is 2.75. The number of rotatable bonds is 6. The van der Waals surface area contributed by atoms with Crippen LogP contribution in [0.1, 0.15) is 12.0 Å². The van der Waals surface area contributed by atoms with E-state index >= 15 is 0 Å². The van der Waals surface area contributed by atoms with Crippen LogP contribution in [0.25, 0.3) is 0 Å². The first-order valence-corrected chi connectivity index (χ1v) is 8.56. The molecule has 0 heterocycles. The maximum Gasteiger partial charge on any atom is 0.417 e. The number of aliphatic carboxylic acids is 1. The second-order valence-corrected chi connectivity index (χ2v) is 7.38. The zero-order chi connectivity index (χ0) is 18.0. The third-order valence-electron chi connectivity index (χ3n) is 3.05. The molecule has 130 valence electrons. The van der Waals surface area contributed by atoms with Gasteiger partial charge in [-0.05, 0) is 30.4 Å². The fourth-order valence-electron chi connectivity index (χ4n) is 1.80. The summed E-state index contributed by atoms with van der Waals surface area (Å²) in [4.78, 5) is 10.5. The van der Waals surface area contributed by atoms with Crippen molar-refractivity contribution in [3.05, 3.63) is 28.8 Å². The summed E-state index contributed by atoms with van der Waals surface area (Å²) in [6, 6.07) is 0.638. The number of benzene rings is 1. The van der Waals surface area contributed by atoms with E-state index in [4.69, 9.17) is 16.7 Å². The number of nitrogens with zero attached hydrogens (tertiary/aromatic N) is 1. The Labute approximate surface area is 141 Å². The lowest BCUT2D eigenvalue weighted by molar-refractivity contribution is -0.141. The van der Waals surface area contributed by atoms with Crippen LogP contribution < -0.4 is 0 Å². The van der Waals surface area contributed by atoms with Crippen molar-refractivity contribution in [1.29, 1.82) is 0 Å². The predicted molar refractivity (Wildman–Crippen MR) is 81.3 cm³/mol. The number of alkyl halides is 3. The van der Waals surface area contributed by atoms with Crippen LogP contribution >= 0.6 is 24.2 Å².